The number of hydrogen-bond acceptors (Lipinski definition) is 10. The van der Waals surface area contributed by atoms with E-state index >= 15 is 0 Å². The van der Waals surface area contributed by atoms with Gasteiger partial charge in [0.25, 0.3) is 0 Å². The molecule has 1 aromatic rings. The standard InChI is InChI=1S/C22H30ClN6O5P/c1-2-11-33-21-19-20(26-22(24)27-21)28(14-25-19)10-12-32-15-35(31,29-9-3-4-17(29)13-30)34-18-7-5-16(23)6-8-18/h5-8,13-14,17,19-20H,2-4,9-12,15H2,1H3,(H2,24,26). The van der Waals surface area contributed by atoms with Crippen molar-refractivity contribution < 1.29 is 23.4 Å². The summed E-state index contributed by atoms with van der Waals surface area (Å²) in [6.45, 7) is 3.69. The summed E-state index contributed by atoms with van der Waals surface area (Å²) in [6.07, 6.45) is 4.20. The maximum atomic E-state index is 13.9. The third-order valence-electron chi connectivity index (χ3n) is 5.82. The number of nitrogens with two attached hydrogens (primary N) is 1. The van der Waals surface area contributed by atoms with Gasteiger partial charge < -0.3 is 29.4 Å². The molecule has 0 spiro atoms. The van der Waals surface area contributed by atoms with Crippen LogP contribution >= 0.6 is 19.1 Å². The normalized spacial score (nSPS) is 25.5. The van der Waals surface area contributed by atoms with Gasteiger partial charge in [0.05, 0.1) is 25.6 Å². The molecule has 0 saturated carbocycles. The van der Waals surface area contributed by atoms with Gasteiger partial charge in [-0.25, -0.2) is 9.66 Å². The van der Waals surface area contributed by atoms with Crippen LogP contribution in [0.3, 0.4) is 0 Å². The summed E-state index contributed by atoms with van der Waals surface area (Å²) in [5.74, 6) is 1.00. The van der Waals surface area contributed by atoms with Crippen LogP contribution in [0.25, 0.3) is 0 Å². The molecule has 0 amide bonds. The maximum absolute atomic E-state index is 13.9. The van der Waals surface area contributed by atoms with E-state index in [1.165, 1.54) is 0 Å². The molecule has 0 aromatic heterocycles. The Kier molecular flexibility index (Phi) is 8.43. The maximum Gasteiger partial charge on any atom is 0.345 e. The van der Waals surface area contributed by atoms with Crippen molar-refractivity contribution in [3.63, 3.8) is 0 Å². The van der Waals surface area contributed by atoms with Crippen molar-refractivity contribution in [2.45, 2.75) is 44.4 Å². The highest BCUT2D eigenvalue weighted by Gasteiger charge is 2.42. The molecule has 1 saturated heterocycles. The number of fused-ring (bicyclic) bond motifs is 1. The Morgan fingerprint density at radius 2 is 2.09 bits per heavy atom. The van der Waals surface area contributed by atoms with Crippen LogP contribution in [0.5, 0.6) is 5.75 Å². The molecule has 11 nitrogen and oxygen atoms in total. The third-order valence-corrected chi connectivity index (χ3v) is 8.36. The smallest absolute Gasteiger partial charge is 0.345 e. The predicted molar refractivity (Wildman–Crippen MR) is 134 cm³/mol. The van der Waals surface area contributed by atoms with Crippen LogP contribution in [-0.2, 0) is 18.8 Å². The number of nitrogens with zero attached hydrogens (tertiary/aromatic N) is 5. The average molecular weight is 525 g/mol. The number of aliphatic imine (C=N–C) groups is 3. The van der Waals surface area contributed by atoms with E-state index in [1.807, 2.05) is 11.8 Å². The second kappa shape index (κ2) is 11.5. The van der Waals surface area contributed by atoms with E-state index in [9.17, 15) is 9.36 Å². The summed E-state index contributed by atoms with van der Waals surface area (Å²) < 4.78 is 33.0. The van der Waals surface area contributed by atoms with Gasteiger partial charge in [-0.05, 0) is 43.5 Å². The Balaban J connectivity index is 1.37. The number of aldehydes is 1. The van der Waals surface area contributed by atoms with Crippen molar-refractivity contribution in [2.75, 3.05) is 32.7 Å². The van der Waals surface area contributed by atoms with E-state index in [-0.39, 0.29) is 31.1 Å². The lowest BCUT2D eigenvalue weighted by molar-refractivity contribution is -0.110. The van der Waals surface area contributed by atoms with Crippen LogP contribution in [0.15, 0.2) is 39.2 Å². The fourth-order valence-corrected chi connectivity index (χ4v) is 6.45. The van der Waals surface area contributed by atoms with Gasteiger partial charge in [-0.2, -0.15) is 4.99 Å². The summed E-state index contributed by atoms with van der Waals surface area (Å²) in [5, 5.41) is 0.542. The van der Waals surface area contributed by atoms with E-state index < -0.39 is 13.6 Å². The Morgan fingerprint density at radius 1 is 1.29 bits per heavy atom. The van der Waals surface area contributed by atoms with Gasteiger partial charge in [-0.1, -0.05) is 18.5 Å². The van der Waals surface area contributed by atoms with E-state index in [2.05, 4.69) is 15.0 Å². The minimum atomic E-state index is -3.50. The highest BCUT2D eigenvalue weighted by Crippen LogP contribution is 2.54. The van der Waals surface area contributed by atoms with Gasteiger partial charge in [-0.15, -0.1) is 0 Å². The van der Waals surface area contributed by atoms with Gasteiger partial charge in [0.15, 0.2) is 12.2 Å². The lowest BCUT2D eigenvalue weighted by Gasteiger charge is -2.31. The summed E-state index contributed by atoms with van der Waals surface area (Å²) in [7, 11) is -3.50. The Labute approximate surface area is 209 Å². The number of carbonyl (C=O) groups is 1. The van der Waals surface area contributed by atoms with E-state index in [0.717, 1.165) is 19.1 Å². The molecule has 0 aliphatic carbocycles. The molecule has 1 aromatic carbocycles. The Morgan fingerprint density at radius 3 is 2.83 bits per heavy atom. The zero-order valence-corrected chi connectivity index (χ0v) is 21.2. The van der Waals surface area contributed by atoms with E-state index in [1.54, 1.807) is 35.3 Å². The lowest BCUT2D eigenvalue weighted by Crippen LogP contribution is -2.45. The average Bonchev–Trinajstić information content (AvgIpc) is 3.49. The molecule has 190 valence electrons. The molecule has 1 fully saturated rings. The molecule has 13 heteroatoms. The first-order valence-corrected chi connectivity index (χ1v) is 13.8. The van der Waals surface area contributed by atoms with Crippen molar-refractivity contribution in [2.24, 2.45) is 20.7 Å². The Bertz CT molecular complexity index is 1040. The van der Waals surface area contributed by atoms with Crippen LogP contribution in [0.1, 0.15) is 26.2 Å². The van der Waals surface area contributed by atoms with Crippen LogP contribution in [-0.4, -0.2) is 85.0 Å². The summed E-state index contributed by atoms with van der Waals surface area (Å²) in [4.78, 5) is 26.5. The first kappa shape index (κ1) is 25.6. The molecule has 3 aliphatic heterocycles. The van der Waals surface area contributed by atoms with Crippen molar-refractivity contribution in [3.05, 3.63) is 29.3 Å². The number of guanidine groups is 1. The number of carbonyl (C=O) groups excluding carboxylic acids is 1. The molecule has 0 bridgehead atoms. The monoisotopic (exact) mass is 524 g/mol. The quantitative estimate of drug-likeness (QED) is 0.265. The van der Waals surface area contributed by atoms with Crippen molar-refractivity contribution >= 4 is 43.6 Å². The molecule has 0 radical (unpaired) electrons. The molecule has 4 unspecified atom stereocenters. The molecular formula is C22H30ClN6O5P. The minimum absolute atomic E-state index is 0.142. The molecule has 3 aliphatic rings. The van der Waals surface area contributed by atoms with Gasteiger partial charge in [0, 0.05) is 18.1 Å². The van der Waals surface area contributed by atoms with Crippen LogP contribution in [0.4, 0.5) is 0 Å². The summed E-state index contributed by atoms with van der Waals surface area (Å²) >= 11 is 5.96. The van der Waals surface area contributed by atoms with Gasteiger partial charge in [0.2, 0.25) is 11.9 Å². The fraction of sp³-hybridized carbons (Fsp3) is 0.545. The lowest BCUT2D eigenvalue weighted by atomic mass is 10.2. The van der Waals surface area contributed by atoms with Gasteiger partial charge >= 0.3 is 7.52 Å². The molecule has 4 rings (SSSR count). The summed E-state index contributed by atoms with van der Waals surface area (Å²) in [6, 6.07) is 5.78. The zero-order chi connectivity index (χ0) is 24.8. The van der Waals surface area contributed by atoms with Crippen LogP contribution in [0.2, 0.25) is 5.02 Å². The van der Waals surface area contributed by atoms with Crippen molar-refractivity contribution in [1.29, 1.82) is 0 Å². The van der Waals surface area contributed by atoms with Gasteiger partial charge in [-0.3, -0.25) is 9.56 Å². The van der Waals surface area contributed by atoms with Crippen LogP contribution in [0, 0.1) is 0 Å². The first-order chi connectivity index (χ1) is 16.9. The van der Waals surface area contributed by atoms with Gasteiger partial charge in [0.1, 0.15) is 18.4 Å². The number of ether oxygens (including phenoxy) is 2. The number of halogens is 1. The van der Waals surface area contributed by atoms with Crippen molar-refractivity contribution in [1.82, 2.24) is 9.57 Å². The second-order valence-electron chi connectivity index (χ2n) is 8.38. The molecular weight excluding hydrogens is 495 g/mol. The highest BCUT2D eigenvalue weighted by molar-refractivity contribution is 7.56. The number of hydrogen-bond donors (Lipinski definition) is 1. The van der Waals surface area contributed by atoms with E-state index in [0.29, 0.717) is 42.8 Å². The Hall–Kier alpha value is -2.46. The minimum Gasteiger partial charge on any atom is -0.479 e. The largest absolute Gasteiger partial charge is 0.479 e. The molecule has 2 N–H and O–H groups in total. The second-order valence-corrected chi connectivity index (χ2v) is 11.0. The highest BCUT2D eigenvalue weighted by atomic mass is 35.5. The zero-order valence-electron chi connectivity index (χ0n) is 19.5. The fourth-order valence-electron chi connectivity index (χ4n) is 4.13. The number of rotatable bonds is 11. The third kappa shape index (κ3) is 6.03. The first-order valence-electron chi connectivity index (χ1n) is 11.6. The topological polar surface area (TPSA) is 131 Å². The number of benzene rings is 1. The summed E-state index contributed by atoms with van der Waals surface area (Å²) in [5.41, 5.74) is 5.88. The van der Waals surface area contributed by atoms with Crippen molar-refractivity contribution in [3.8, 4) is 5.75 Å². The SMILES string of the molecule is CCCOC1=NC(N)=NC2C1N=CN2CCOCP(=O)(Oc1ccc(Cl)cc1)N1CCCC1C=O. The molecule has 4 atom stereocenters. The molecule has 3 heterocycles. The molecule has 35 heavy (non-hydrogen) atoms. The van der Waals surface area contributed by atoms with Crippen LogP contribution < -0.4 is 10.3 Å². The predicted octanol–water partition coefficient (Wildman–Crippen LogP) is 2.74. The van der Waals surface area contributed by atoms with E-state index in [4.69, 9.17) is 31.3 Å².